The average molecular weight is 248 g/mol. The average Bonchev–Trinajstić information content (AvgIpc) is 2.17. The first-order chi connectivity index (χ1) is 7.52. The molecule has 0 aliphatic carbocycles. The maximum Gasteiger partial charge on any atom is 0.186 e. The Kier molecular flexibility index (Phi) is 9.22. The van der Waals surface area contributed by atoms with Crippen LogP contribution in [0.15, 0.2) is 0 Å². The molecule has 0 saturated heterocycles. The first kappa shape index (κ1) is 16.1. The lowest BCUT2D eigenvalue weighted by Gasteiger charge is -2.21. The number of rotatable bonds is 10. The second kappa shape index (κ2) is 9.16. The summed E-state index contributed by atoms with van der Waals surface area (Å²) in [5.74, 6) is 0. The molecule has 0 aliphatic heterocycles. The lowest BCUT2D eigenvalue weighted by Crippen LogP contribution is -2.30. The van der Waals surface area contributed by atoms with Crippen LogP contribution in [0.25, 0.3) is 0 Å². The third kappa shape index (κ3) is 9.33. The zero-order valence-electron chi connectivity index (χ0n) is 11.5. The van der Waals surface area contributed by atoms with Gasteiger partial charge in [-0.1, -0.05) is 0 Å². The van der Waals surface area contributed by atoms with Crippen molar-refractivity contribution in [1.29, 1.82) is 0 Å². The van der Waals surface area contributed by atoms with Crippen molar-refractivity contribution in [3.63, 3.8) is 0 Å². The predicted octanol–water partition coefficient (Wildman–Crippen LogP) is 3.06. The summed E-state index contributed by atoms with van der Waals surface area (Å²) in [6.07, 6.45) is 1.31. The van der Waals surface area contributed by atoms with E-state index in [1.807, 2.05) is 13.8 Å². The molecule has 0 bridgehead atoms. The van der Waals surface area contributed by atoms with Crippen LogP contribution in [0.3, 0.4) is 0 Å². The topological polar surface area (TPSA) is 27.7 Å². The molecule has 1 unspecified atom stereocenters. The normalized spacial score (nSPS) is 14.1. The van der Waals surface area contributed by atoms with Gasteiger partial charge in [-0.25, -0.2) is 0 Å². The predicted molar refractivity (Wildman–Crippen MR) is 70.4 cm³/mol. The molecule has 4 heteroatoms. The summed E-state index contributed by atoms with van der Waals surface area (Å²) >= 11 is 0. The standard InChI is InChI=1S/C12H28O3Si/c1-6-14-12(3)11-13-9-8-10-16(4,5)15-7-2/h12H,6-11H2,1-5H3. The summed E-state index contributed by atoms with van der Waals surface area (Å²) in [4.78, 5) is 0. The Balaban J connectivity index is 3.39. The number of ether oxygens (including phenoxy) is 2. The van der Waals surface area contributed by atoms with Crippen molar-refractivity contribution in [2.45, 2.75) is 52.4 Å². The Morgan fingerprint density at radius 3 is 2.38 bits per heavy atom. The quantitative estimate of drug-likeness (QED) is 0.439. The molecular weight excluding hydrogens is 220 g/mol. The van der Waals surface area contributed by atoms with Gasteiger partial charge in [0.15, 0.2) is 8.32 Å². The first-order valence-electron chi connectivity index (χ1n) is 6.35. The summed E-state index contributed by atoms with van der Waals surface area (Å²) in [5.41, 5.74) is 0. The SMILES string of the molecule is CCOC(C)COCCC[Si](C)(C)OCC. The second-order valence-electron chi connectivity index (χ2n) is 4.64. The molecule has 0 aromatic heterocycles. The van der Waals surface area contributed by atoms with Gasteiger partial charge in [-0.2, -0.15) is 0 Å². The Morgan fingerprint density at radius 1 is 1.12 bits per heavy atom. The molecule has 0 fully saturated rings. The minimum atomic E-state index is -1.41. The fourth-order valence-corrected chi connectivity index (χ4v) is 3.57. The maximum absolute atomic E-state index is 5.75. The molecule has 0 aromatic rings. The van der Waals surface area contributed by atoms with Crippen LogP contribution < -0.4 is 0 Å². The largest absolute Gasteiger partial charge is 0.418 e. The maximum atomic E-state index is 5.75. The zero-order valence-corrected chi connectivity index (χ0v) is 12.5. The van der Waals surface area contributed by atoms with Gasteiger partial charge in [0.05, 0.1) is 12.7 Å². The third-order valence-corrected chi connectivity index (χ3v) is 5.03. The third-order valence-electron chi connectivity index (χ3n) is 2.41. The lowest BCUT2D eigenvalue weighted by molar-refractivity contribution is -0.00139. The molecule has 0 spiro atoms. The molecule has 0 N–H and O–H groups in total. The summed E-state index contributed by atoms with van der Waals surface area (Å²) in [7, 11) is -1.41. The second-order valence-corrected chi connectivity index (χ2v) is 8.95. The van der Waals surface area contributed by atoms with Gasteiger partial charge in [0.2, 0.25) is 0 Å². The fraction of sp³-hybridized carbons (Fsp3) is 1.00. The molecule has 0 aliphatic rings. The summed E-state index contributed by atoms with van der Waals surface area (Å²) in [6.45, 7) is 13.8. The first-order valence-corrected chi connectivity index (χ1v) is 9.46. The van der Waals surface area contributed by atoms with E-state index >= 15 is 0 Å². The van der Waals surface area contributed by atoms with Gasteiger partial charge in [-0.3, -0.25) is 0 Å². The van der Waals surface area contributed by atoms with Crippen LogP contribution in [0.2, 0.25) is 19.1 Å². The van der Waals surface area contributed by atoms with Crippen molar-refractivity contribution < 1.29 is 13.9 Å². The molecule has 1 atom stereocenters. The highest BCUT2D eigenvalue weighted by Gasteiger charge is 2.20. The van der Waals surface area contributed by atoms with E-state index in [-0.39, 0.29) is 6.10 Å². The van der Waals surface area contributed by atoms with E-state index in [4.69, 9.17) is 13.9 Å². The van der Waals surface area contributed by atoms with Crippen molar-refractivity contribution >= 4 is 8.32 Å². The highest BCUT2D eigenvalue weighted by Crippen LogP contribution is 2.13. The van der Waals surface area contributed by atoms with Gasteiger partial charge in [-0.05, 0) is 46.3 Å². The van der Waals surface area contributed by atoms with Crippen molar-refractivity contribution in [3.8, 4) is 0 Å². The van der Waals surface area contributed by atoms with Crippen LogP contribution in [0.4, 0.5) is 0 Å². The molecule has 0 rings (SSSR count). The van der Waals surface area contributed by atoms with Crippen molar-refractivity contribution in [1.82, 2.24) is 0 Å². The molecule has 0 amide bonds. The fourth-order valence-electron chi connectivity index (χ4n) is 1.64. The van der Waals surface area contributed by atoms with E-state index in [0.717, 1.165) is 26.2 Å². The Hall–Kier alpha value is 0.0969. The molecule has 0 aromatic carbocycles. The van der Waals surface area contributed by atoms with Crippen LogP contribution in [0.1, 0.15) is 27.2 Å². The summed E-state index contributed by atoms with van der Waals surface area (Å²) in [6, 6.07) is 1.17. The molecular formula is C12H28O3Si. The Morgan fingerprint density at radius 2 is 1.81 bits per heavy atom. The zero-order chi connectivity index (χ0) is 12.4. The summed E-state index contributed by atoms with van der Waals surface area (Å²) in [5, 5.41) is 0. The Bertz CT molecular complexity index is 162. The molecule has 0 radical (unpaired) electrons. The van der Waals surface area contributed by atoms with Gasteiger partial charge in [0.25, 0.3) is 0 Å². The van der Waals surface area contributed by atoms with Gasteiger partial charge in [0, 0.05) is 19.8 Å². The van der Waals surface area contributed by atoms with E-state index in [0.29, 0.717) is 6.61 Å². The lowest BCUT2D eigenvalue weighted by atomic mass is 10.4. The van der Waals surface area contributed by atoms with Crippen LogP contribution in [0, 0.1) is 0 Å². The Labute approximate surface area is 102 Å². The van der Waals surface area contributed by atoms with Crippen LogP contribution in [-0.4, -0.2) is 40.8 Å². The van der Waals surface area contributed by atoms with Crippen LogP contribution >= 0.6 is 0 Å². The van der Waals surface area contributed by atoms with Gasteiger partial charge < -0.3 is 13.9 Å². The van der Waals surface area contributed by atoms with Gasteiger partial charge >= 0.3 is 0 Å². The molecule has 3 nitrogen and oxygen atoms in total. The van der Waals surface area contributed by atoms with E-state index in [1.165, 1.54) is 6.04 Å². The smallest absolute Gasteiger partial charge is 0.186 e. The monoisotopic (exact) mass is 248 g/mol. The van der Waals surface area contributed by atoms with Gasteiger partial charge in [-0.15, -0.1) is 0 Å². The number of hydrogen-bond donors (Lipinski definition) is 0. The number of hydrogen-bond acceptors (Lipinski definition) is 3. The molecule has 0 saturated carbocycles. The minimum Gasteiger partial charge on any atom is -0.418 e. The summed E-state index contributed by atoms with van der Waals surface area (Å²) < 4.78 is 16.7. The highest BCUT2D eigenvalue weighted by atomic mass is 28.4. The highest BCUT2D eigenvalue weighted by molar-refractivity contribution is 6.71. The van der Waals surface area contributed by atoms with E-state index < -0.39 is 8.32 Å². The minimum absolute atomic E-state index is 0.210. The van der Waals surface area contributed by atoms with E-state index in [9.17, 15) is 0 Å². The van der Waals surface area contributed by atoms with Crippen molar-refractivity contribution in [2.24, 2.45) is 0 Å². The van der Waals surface area contributed by atoms with Crippen LogP contribution in [0.5, 0.6) is 0 Å². The van der Waals surface area contributed by atoms with E-state index in [2.05, 4.69) is 20.0 Å². The van der Waals surface area contributed by atoms with Gasteiger partial charge in [0.1, 0.15) is 0 Å². The van der Waals surface area contributed by atoms with Crippen molar-refractivity contribution in [3.05, 3.63) is 0 Å². The van der Waals surface area contributed by atoms with Crippen LogP contribution in [-0.2, 0) is 13.9 Å². The molecule has 98 valence electrons. The van der Waals surface area contributed by atoms with Crippen molar-refractivity contribution in [2.75, 3.05) is 26.4 Å². The molecule has 16 heavy (non-hydrogen) atoms. The molecule has 0 heterocycles. The van der Waals surface area contributed by atoms with E-state index in [1.54, 1.807) is 0 Å².